The van der Waals surface area contributed by atoms with Crippen LogP contribution in [0.4, 0.5) is 8.78 Å². The van der Waals surface area contributed by atoms with Crippen LogP contribution in [-0.4, -0.2) is 17.1 Å². The minimum atomic E-state index is -1.46. The molecule has 23 heavy (non-hydrogen) atoms. The van der Waals surface area contributed by atoms with Gasteiger partial charge in [-0.25, -0.2) is 8.78 Å². The molecule has 0 saturated carbocycles. The van der Waals surface area contributed by atoms with Crippen molar-refractivity contribution in [1.29, 1.82) is 0 Å². The normalized spacial score (nSPS) is 13.4. The lowest BCUT2D eigenvalue weighted by atomic mass is 10.0. The molecule has 0 bridgehead atoms. The first-order valence-electron chi connectivity index (χ1n) is 7.35. The summed E-state index contributed by atoms with van der Waals surface area (Å²) >= 11 is 0. The molecule has 2 aromatic rings. The van der Waals surface area contributed by atoms with Crippen LogP contribution < -0.4 is 5.32 Å². The molecule has 5 heteroatoms. The highest BCUT2D eigenvalue weighted by molar-refractivity contribution is 5.79. The summed E-state index contributed by atoms with van der Waals surface area (Å²) in [4.78, 5) is 12.0. The van der Waals surface area contributed by atoms with Crippen LogP contribution >= 0.6 is 0 Å². The van der Waals surface area contributed by atoms with Gasteiger partial charge in [0.05, 0.1) is 18.0 Å². The predicted octanol–water partition coefficient (Wildman–Crippen LogP) is 3.05. The van der Waals surface area contributed by atoms with Gasteiger partial charge in [0, 0.05) is 0 Å². The molecule has 0 aliphatic heterocycles. The minimum Gasteiger partial charge on any atom is -0.386 e. The molecular formula is C18H19F2NO2. The average Bonchev–Trinajstić information content (AvgIpc) is 2.46. The van der Waals surface area contributed by atoms with Crippen LogP contribution in [0.15, 0.2) is 42.5 Å². The van der Waals surface area contributed by atoms with E-state index in [1.807, 2.05) is 31.2 Å². The molecule has 0 unspecified atom stereocenters. The Morgan fingerprint density at radius 1 is 1.17 bits per heavy atom. The third kappa shape index (κ3) is 4.36. The highest BCUT2D eigenvalue weighted by atomic mass is 19.1. The van der Waals surface area contributed by atoms with Crippen LogP contribution in [0.5, 0.6) is 0 Å². The molecule has 0 aliphatic rings. The second-order valence-corrected chi connectivity index (χ2v) is 5.60. The van der Waals surface area contributed by atoms with Crippen LogP contribution in [-0.2, 0) is 11.2 Å². The van der Waals surface area contributed by atoms with Gasteiger partial charge in [-0.05, 0) is 31.5 Å². The van der Waals surface area contributed by atoms with Crippen LogP contribution in [0.25, 0.3) is 0 Å². The maximum Gasteiger partial charge on any atom is 0.224 e. The number of carbonyl (C=O) groups is 1. The van der Waals surface area contributed by atoms with E-state index in [0.29, 0.717) is 0 Å². The van der Waals surface area contributed by atoms with Gasteiger partial charge in [0.25, 0.3) is 0 Å². The molecule has 2 rings (SSSR count). The number of benzene rings is 2. The lowest BCUT2D eigenvalue weighted by molar-refractivity contribution is -0.121. The van der Waals surface area contributed by atoms with Crippen molar-refractivity contribution in [2.24, 2.45) is 0 Å². The highest BCUT2D eigenvalue weighted by Crippen LogP contribution is 2.23. The molecule has 0 saturated heterocycles. The Kier molecular flexibility index (Phi) is 5.45. The molecule has 2 N–H and O–H groups in total. The van der Waals surface area contributed by atoms with Crippen molar-refractivity contribution < 1.29 is 18.7 Å². The fourth-order valence-corrected chi connectivity index (χ4v) is 2.43. The third-order valence-corrected chi connectivity index (χ3v) is 3.60. The van der Waals surface area contributed by atoms with Crippen molar-refractivity contribution in [2.45, 2.75) is 32.4 Å². The maximum atomic E-state index is 13.7. The van der Waals surface area contributed by atoms with Crippen LogP contribution in [0, 0.1) is 18.6 Å². The largest absolute Gasteiger partial charge is 0.386 e. The number of aliphatic hydroxyl groups excluding tert-OH is 1. The van der Waals surface area contributed by atoms with Crippen LogP contribution in [0.1, 0.15) is 29.7 Å². The molecule has 0 aromatic heterocycles. The van der Waals surface area contributed by atoms with Crippen molar-refractivity contribution >= 4 is 5.91 Å². The van der Waals surface area contributed by atoms with Gasteiger partial charge in [-0.1, -0.05) is 35.9 Å². The zero-order valence-electron chi connectivity index (χ0n) is 13.0. The van der Waals surface area contributed by atoms with E-state index in [-0.39, 0.29) is 12.3 Å². The van der Waals surface area contributed by atoms with E-state index >= 15 is 0 Å². The molecule has 0 fully saturated rings. The fraction of sp³-hybridized carbons (Fsp3) is 0.278. The quantitative estimate of drug-likeness (QED) is 0.890. The van der Waals surface area contributed by atoms with Gasteiger partial charge in [-0.2, -0.15) is 0 Å². The van der Waals surface area contributed by atoms with E-state index in [0.717, 1.165) is 23.3 Å². The Balaban J connectivity index is 2.03. The molecule has 2 aromatic carbocycles. The Morgan fingerprint density at radius 3 is 2.39 bits per heavy atom. The summed E-state index contributed by atoms with van der Waals surface area (Å²) in [5, 5.41) is 12.7. The fourth-order valence-electron chi connectivity index (χ4n) is 2.43. The number of aryl methyl sites for hydroxylation is 1. The molecule has 0 aliphatic carbocycles. The second kappa shape index (κ2) is 7.33. The Labute approximate surface area is 134 Å². The molecule has 1 amide bonds. The maximum absolute atomic E-state index is 13.7. The number of nitrogens with one attached hydrogen (secondary N) is 1. The zero-order valence-corrected chi connectivity index (χ0v) is 13.0. The van der Waals surface area contributed by atoms with E-state index < -0.39 is 29.3 Å². The van der Waals surface area contributed by atoms with Gasteiger partial charge >= 0.3 is 0 Å². The van der Waals surface area contributed by atoms with E-state index in [4.69, 9.17) is 0 Å². The summed E-state index contributed by atoms with van der Waals surface area (Å²) in [6, 6.07) is 10.0. The summed E-state index contributed by atoms with van der Waals surface area (Å²) in [6.07, 6.45) is -1.32. The Bertz CT molecular complexity index is 683. The number of hydrogen-bond acceptors (Lipinski definition) is 2. The van der Waals surface area contributed by atoms with Crippen LogP contribution in [0.2, 0.25) is 0 Å². The van der Waals surface area contributed by atoms with Crippen LogP contribution in [0.3, 0.4) is 0 Å². The summed E-state index contributed by atoms with van der Waals surface area (Å²) < 4.78 is 27.4. The van der Waals surface area contributed by atoms with E-state index in [9.17, 15) is 18.7 Å². The summed E-state index contributed by atoms with van der Waals surface area (Å²) in [5.74, 6) is -1.99. The topological polar surface area (TPSA) is 49.3 Å². The summed E-state index contributed by atoms with van der Waals surface area (Å²) in [6.45, 7) is 3.43. The van der Waals surface area contributed by atoms with Gasteiger partial charge in [-0.3, -0.25) is 4.79 Å². The van der Waals surface area contributed by atoms with Crippen molar-refractivity contribution in [3.8, 4) is 0 Å². The van der Waals surface area contributed by atoms with Gasteiger partial charge in [-0.15, -0.1) is 0 Å². The smallest absolute Gasteiger partial charge is 0.224 e. The van der Waals surface area contributed by atoms with Gasteiger partial charge in [0.15, 0.2) is 0 Å². The predicted molar refractivity (Wildman–Crippen MR) is 83.8 cm³/mol. The standard InChI is InChI=1S/C18H19F2NO2/c1-11-5-3-6-13(9-11)10-16(22)21-12(2)18(23)17-14(19)7-4-8-15(17)20/h3-9,12,18,23H,10H2,1-2H3,(H,21,22)/t12-,18+/m1/s1. The molecule has 2 atom stereocenters. The lowest BCUT2D eigenvalue weighted by Gasteiger charge is -2.21. The molecule has 0 radical (unpaired) electrons. The van der Waals surface area contributed by atoms with Crippen molar-refractivity contribution in [3.05, 3.63) is 70.8 Å². The van der Waals surface area contributed by atoms with Crippen molar-refractivity contribution in [2.75, 3.05) is 0 Å². The number of halogens is 2. The second-order valence-electron chi connectivity index (χ2n) is 5.60. The lowest BCUT2D eigenvalue weighted by Crippen LogP contribution is -2.38. The molecule has 3 nitrogen and oxygen atoms in total. The molecule has 0 heterocycles. The molecule has 0 spiro atoms. The van der Waals surface area contributed by atoms with E-state index in [2.05, 4.69) is 5.32 Å². The first kappa shape index (κ1) is 17.1. The Hall–Kier alpha value is -2.27. The molecule has 122 valence electrons. The third-order valence-electron chi connectivity index (χ3n) is 3.60. The molecular weight excluding hydrogens is 300 g/mol. The first-order chi connectivity index (χ1) is 10.9. The monoisotopic (exact) mass is 319 g/mol. The Morgan fingerprint density at radius 2 is 1.78 bits per heavy atom. The number of amides is 1. The number of hydrogen-bond donors (Lipinski definition) is 2. The minimum absolute atomic E-state index is 0.137. The van der Waals surface area contributed by atoms with Gasteiger partial charge in [0.2, 0.25) is 5.91 Å². The SMILES string of the molecule is Cc1cccc(CC(=O)N[C@H](C)[C@H](O)c2c(F)cccc2F)c1. The average molecular weight is 319 g/mol. The number of rotatable bonds is 5. The van der Waals surface area contributed by atoms with E-state index in [1.165, 1.54) is 13.0 Å². The number of carbonyl (C=O) groups excluding carboxylic acids is 1. The first-order valence-corrected chi connectivity index (χ1v) is 7.35. The van der Waals surface area contributed by atoms with E-state index in [1.54, 1.807) is 0 Å². The summed E-state index contributed by atoms with van der Waals surface area (Å²) in [5.41, 5.74) is 1.44. The van der Waals surface area contributed by atoms with Crippen molar-refractivity contribution in [1.82, 2.24) is 5.32 Å². The van der Waals surface area contributed by atoms with Crippen molar-refractivity contribution in [3.63, 3.8) is 0 Å². The highest BCUT2D eigenvalue weighted by Gasteiger charge is 2.24. The zero-order chi connectivity index (χ0) is 17.0. The summed E-state index contributed by atoms with van der Waals surface area (Å²) in [7, 11) is 0. The number of aliphatic hydroxyl groups is 1. The van der Waals surface area contributed by atoms with Gasteiger partial charge in [0.1, 0.15) is 17.7 Å². The van der Waals surface area contributed by atoms with Gasteiger partial charge < -0.3 is 10.4 Å².